The second-order valence-electron chi connectivity index (χ2n) is 4.84. The van der Waals surface area contributed by atoms with Gasteiger partial charge in [0.05, 0.1) is 5.69 Å². The molecular weight excluding hydrogens is 242 g/mol. The molecular formula is C19H31N. The summed E-state index contributed by atoms with van der Waals surface area (Å²) in [7, 11) is 0. The van der Waals surface area contributed by atoms with Gasteiger partial charge in [-0.2, -0.15) is 0 Å². The maximum Gasteiger partial charge on any atom is 0.0699 e. The van der Waals surface area contributed by atoms with E-state index < -0.39 is 0 Å². The highest BCUT2D eigenvalue weighted by molar-refractivity contribution is 5.61. The molecule has 0 amide bonds. The molecule has 0 spiro atoms. The topological polar surface area (TPSA) is 12.9 Å². The molecule has 1 heterocycles. The van der Waals surface area contributed by atoms with Crippen LogP contribution in [0, 0.1) is 11.8 Å². The number of fused-ring (bicyclic) bond motifs is 1. The van der Waals surface area contributed by atoms with E-state index in [0.717, 1.165) is 35.9 Å². The highest BCUT2D eigenvalue weighted by Gasteiger charge is 2.23. The highest BCUT2D eigenvalue weighted by atomic mass is 14.7. The lowest BCUT2D eigenvalue weighted by Gasteiger charge is -2.27. The lowest BCUT2D eigenvalue weighted by atomic mass is 9.79. The van der Waals surface area contributed by atoms with Crippen molar-refractivity contribution >= 4 is 12.2 Å². The van der Waals surface area contributed by atoms with Crippen molar-refractivity contribution in [3.63, 3.8) is 0 Å². The lowest BCUT2D eigenvalue weighted by molar-refractivity contribution is 0.356. The summed E-state index contributed by atoms with van der Waals surface area (Å²) in [5.41, 5.74) is 4.73. The zero-order valence-corrected chi connectivity index (χ0v) is 14.2. The van der Waals surface area contributed by atoms with Gasteiger partial charge in [-0.25, -0.2) is 0 Å². The minimum absolute atomic E-state index is 0.729. The van der Waals surface area contributed by atoms with Gasteiger partial charge in [0.25, 0.3) is 0 Å². The Morgan fingerprint density at radius 1 is 1.00 bits per heavy atom. The standard InChI is InChI=1S/C15H19N.2C2H6/c1-5-12-9-13-7-10(3)11(4)8-15(13)16-14(12)6-2;2*1-2/h5-6,9-11H,1-2,7-8H2,3-4H3;2*1-2H3. The summed E-state index contributed by atoms with van der Waals surface area (Å²) in [6.45, 7) is 20.3. The first-order valence-corrected chi connectivity index (χ1v) is 7.93. The zero-order chi connectivity index (χ0) is 15.7. The molecule has 0 saturated carbocycles. The number of hydrogen-bond acceptors (Lipinski definition) is 1. The monoisotopic (exact) mass is 273 g/mol. The van der Waals surface area contributed by atoms with E-state index in [1.54, 1.807) is 0 Å². The second-order valence-corrected chi connectivity index (χ2v) is 4.84. The third kappa shape index (κ3) is 4.33. The summed E-state index contributed by atoms with van der Waals surface area (Å²) in [4.78, 5) is 4.70. The average molecular weight is 273 g/mol. The summed E-state index contributed by atoms with van der Waals surface area (Å²) in [5.74, 6) is 1.48. The predicted molar refractivity (Wildman–Crippen MR) is 92.9 cm³/mol. The Hall–Kier alpha value is -1.37. The smallest absolute Gasteiger partial charge is 0.0699 e. The summed E-state index contributed by atoms with van der Waals surface area (Å²) < 4.78 is 0. The van der Waals surface area contributed by atoms with Gasteiger partial charge in [0, 0.05) is 5.69 Å². The molecule has 2 rings (SSSR count). The molecule has 0 aromatic carbocycles. The third-order valence-corrected chi connectivity index (χ3v) is 3.69. The molecule has 1 aromatic heterocycles. The van der Waals surface area contributed by atoms with Crippen LogP contribution in [0.25, 0.3) is 12.2 Å². The van der Waals surface area contributed by atoms with Crippen molar-refractivity contribution in [2.75, 3.05) is 0 Å². The van der Waals surface area contributed by atoms with E-state index in [0.29, 0.717) is 0 Å². The Morgan fingerprint density at radius 3 is 2.05 bits per heavy atom. The van der Waals surface area contributed by atoms with Gasteiger partial charge in [0.1, 0.15) is 0 Å². The van der Waals surface area contributed by atoms with Crippen molar-refractivity contribution in [1.82, 2.24) is 4.98 Å². The van der Waals surface area contributed by atoms with Crippen molar-refractivity contribution in [3.8, 4) is 0 Å². The van der Waals surface area contributed by atoms with Gasteiger partial charge >= 0.3 is 0 Å². The fourth-order valence-electron chi connectivity index (χ4n) is 2.36. The highest BCUT2D eigenvalue weighted by Crippen LogP contribution is 2.30. The van der Waals surface area contributed by atoms with E-state index in [2.05, 4.69) is 33.1 Å². The van der Waals surface area contributed by atoms with Crippen LogP contribution >= 0.6 is 0 Å². The number of aromatic nitrogens is 1. The molecule has 0 N–H and O–H groups in total. The van der Waals surface area contributed by atoms with Gasteiger partial charge in [-0.1, -0.05) is 60.8 Å². The van der Waals surface area contributed by atoms with E-state index in [-0.39, 0.29) is 0 Å². The molecule has 0 saturated heterocycles. The summed E-state index contributed by atoms with van der Waals surface area (Å²) in [6, 6.07) is 2.23. The van der Waals surface area contributed by atoms with E-state index in [1.807, 2.05) is 39.8 Å². The van der Waals surface area contributed by atoms with Crippen molar-refractivity contribution in [1.29, 1.82) is 0 Å². The van der Waals surface area contributed by atoms with E-state index >= 15 is 0 Å². The summed E-state index contributed by atoms with van der Waals surface area (Å²) >= 11 is 0. The van der Waals surface area contributed by atoms with E-state index in [1.165, 1.54) is 11.3 Å². The van der Waals surface area contributed by atoms with Crippen molar-refractivity contribution in [3.05, 3.63) is 41.7 Å². The van der Waals surface area contributed by atoms with Crippen LogP contribution in [0.2, 0.25) is 0 Å². The molecule has 0 aliphatic heterocycles. The minimum atomic E-state index is 0.729. The molecule has 2 unspecified atom stereocenters. The molecule has 1 aliphatic rings. The minimum Gasteiger partial charge on any atom is -0.253 e. The molecule has 1 heteroatoms. The molecule has 1 nitrogen and oxygen atoms in total. The Labute approximate surface area is 125 Å². The average Bonchev–Trinajstić information content (AvgIpc) is 2.51. The van der Waals surface area contributed by atoms with Crippen molar-refractivity contribution < 1.29 is 0 Å². The summed E-state index contributed by atoms with van der Waals surface area (Å²) in [5, 5.41) is 0. The zero-order valence-electron chi connectivity index (χ0n) is 14.2. The first kappa shape index (κ1) is 18.6. The van der Waals surface area contributed by atoms with Crippen LogP contribution in [0.3, 0.4) is 0 Å². The number of rotatable bonds is 2. The van der Waals surface area contributed by atoms with E-state index in [9.17, 15) is 0 Å². The van der Waals surface area contributed by atoms with Crippen LogP contribution in [0.15, 0.2) is 19.2 Å². The fourth-order valence-corrected chi connectivity index (χ4v) is 2.36. The van der Waals surface area contributed by atoms with Crippen LogP contribution in [-0.2, 0) is 12.8 Å². The maximum atomic E-state index is 4.70. The lowest BCUT2D eigenvalue weighted by Crippen LogP contribution is -2.22. The van der Waals surface area contributed by atoms with Gasteiger partial charge < -0.3 is 0 Å². The summed E-state index contributed by atoms with van der Waals surface area (Å²) in [6.07, 6.45) is 5.92. The number of pyridine rings is 1. The van der Waals surface area contributed by atoms with E-state index in [4.69, 9.17) is 4.98 Å². The molecule has 0 bridgehead atoms. The Morgan fingerprint density at radius 2 is 1.55 bits per heavy atom. The molecule has 1 aliphatic carbocycles. The largest absolute Gasteiger partial charge is 0.253 e. The Balaban J connectivity index is 0.000000829. The first-order valence-electron chi connectivity index (χ1n) is 7.93. The SMILES string of the molecule is C=Cc1cc2c(nc1C=C)CC(C)C(C)C2.CC.CC. The Kier molecular flexibility index (Phi) is 8.87. The van der Waals surface area contributed by atoms with Gasteiger partial charge in [-0.3, -0.25) is 4.98 Å². The quantitative estimate of drug-likeness (QED) is 0.664. The number of nitrogens with zero attached hydrogens (tertiary/aromatic N) is 1. The van der Waals surface area contributed by atoms with Crippen LogP contribution in [0.1, 0.15) is 64.1 Å². The van der Waals surface area contributed by atoms with Crippen LogP contribution < -0.4 is 0 Å². The molecule has 2 atom stereocenters. The Bertz CT molecular complexity index is 391. The second kappa shape index (κ2) is 9.52. The third-order valence-electron chi connectivity index (χ3n) is 3.69. The van der Waals surface area contributed by atoms with Crippen LogP contribution in [-0.4, -0.2) is 4.98 Å². The normalized spacial score (nSPS) is 19.5. The first-order chi connectivity index (χ1) is 9.65. The van der Waals surface area contributed by atoms with Gasteiger partial charge in [-0.05, 0) is 47.9 Å². The van der Waals surface area contributed by atoms with Crippen molar-refractivity contribution in [2.24, 2.45) is 11.8 Å². The van der Waals surface area contributed by atoms with Gasteiger partial charge in [-0.15, -0.1) is 0 Å². The van der Waals surface area contributed by atoms with Gasteiger partial charge in [0.2, 0.25) is 0 Å². The molecule has 112 valence electrons. The number of hydrogen-bond donors (Lipinski definition) is 0. The molecule has 1 aromatic rings. The fraction of sp³-hybridized carbons (Fsp3) is 0.526. The molecule has 20 heavy (non-hydrogen) atoms. The predicted octanol–water partition coefficient (Wildman–Crippen LogP) is 5.79. The van der Waals surface area contributed by atoms with Crippen molar-refractivity contribution in [2.45, 2.75) is 54.4 Å². The van der Waals surface area contributed by atoms with Gasteiger partial charge in [0.15, 0.2) is 0 Å². The molecule has 0 radical (unpaired) electrons. The maximum absolute atomic E-state index is 4.70. The van der Waals surface area contributed by atoms with Crippen LogP contribution in [0.4, 0.5) is 0 Å². The van der Waals surface area contributed by atoms with Crippen LogP contribution in [0.5, 0.6) is 0 Å². The molecule has 0 fully saturated rings.